The summed E-state index contributed by atoms with van der Waals surface area (Å²) >= 11 is 0. The molecule has 1 fully saturated rings. The Labute approximate surface area is 103 Å². The second-order valence-corrected chi connectivity index (χ2v) is 5.05. The van der Waals surface area contributed by atoms with E-state index in [9.17, 15) is 0 Å². The van der Waals surface area contributed by atoms with Gasteiger partial charge in [-0.05, 0) is 48.3 Å². The van der Waals surface area contributed by atoms with Gasteiger partial charge in [0, 0.05) is 0 Å². The van der Waals surface area contributed by atoms with Gasteiger partial charge in [0.05, 0.1) is 0 Å². The van der Waals surface area contributed by atoms with Crippen LogP contribution in [0.2, 0.25) is 0 Å². The molecular weight excluding hydrogens is 204 g/mol. The molecule has 0 nitrogen and oxygen atoms in total. The molecule has 1 aliphatic carbocycles. The second kappa shape index (κ2) is 4.37. The van der Waals surface area contributed by atoms with E-state index in [2.05, 4.69) is 48.5 Å². The number of rotatable bonds is 4. The lowest BCUT2D eigenvalue weighted by molar-refractivity contribution is 0.619. The van der Waals surface area contributed by atoms with E-state index in [1.54, 1.807) is 0 Å². The highest BCUT2D eigenvalue weighted by atomic mass is 14.5. The van der Waals surface area contributed by atoms with Gasteiger partial charge in [0.15, 0.2) is 0 Å². The summed E-state index contributed by atoms with van der Waals surface area (Å²) in [5.74, 6) is 0. The van der Waals surface area contributed by atoms with Gasteiger partial charge in [-0.25, -0.2) is 0 Å². The zero-order chi connectivity index (χ0) is 11.6. The quantitative estimate of drug-likeness (QED) is 0.727. The van der Waals surface area contributed by atoms with Crippen molar-refractivity contribution < 1.29 is 0 Å². The van der Waals surface area contributed by atoms with Crippen molar-refractivity contribution in [2.45, 2.75) is 31.1 Å². The molecule has 3 rings (SSSR count). The van der Waals surface area contributed by atoms with Crippen molar-refractivity contribution in [2.75, 3.05) is 0 Å². The third-order valence-electron chi connectivity index (χ3n) is 3.92. The van der Waals surface area contributed by atoms with Gasteiger partial charge in [-0.2, -0.15) is 0 Å². The largest absolute Gasteiger partial charge is 0.0622 e. The first-order chi connectivity index (χ1) is 8.39. The minimum absolute atomic E-state index is 0.477. The Morgan fingerprint density at radius 3 is 2.29 bits per heavy atom. The third kappa shape index (κ3) is 2.26. The standard InChI is InChI=1S/C17H17/c1-3-7-15(8-4-1)11-12-17(13-14-17)16-9-5-2-6-10-16/h1,3-10H,11-14H2. The summed E-state index contributed by atoms with van der Waals surface area (Å²) in [4.78, 5) is 0. The molecule has 0 atom stereocenters. The summed E-state index contributed by atoms with van der Waals surface area (Å²) in [6, 6.07) is 22.5. The third-order valence-corrected chi connectivity index (χ3v) is 3.92. The van der Waals surface area contributed by atoms with Crippen LogP contribution in [0.1, 0.15) is 30.4 Å². The first kappa shape index (κ1) is 10.6. The van der Waals surface area contributed by atoms with Gasteiger partial charge >= 0.3 is 0 Å². The van der Waals surface area contributed by atoms with E-state index in [1.807, 2.05) is 12.1 Å². The highest BCUT2D eigenvalue weighted by Gasteiger charge is 2.43. The Bertz CT molecular complexity index is 466. The van der Waals surface area contributed by atoms with Gasteiger partial charge < -0.3 is 0 Å². The van der Waals surface area contributed by atoms with Crippen molar-refractivity contribution >= 4 is 0 Å². The molecule has 0 saturated heterocycles. The first-order valence-electron chi connectivity index (χ1n) is 6.40. The molecule has 0 spiro atoms. The van der Waals surface area contributed by atoms with Crippen LogP contribution in [-0.4, -0.2) is 0 Å². The minimum Gasteiger partial charge on any atom is -0.0622 e. The number of hydrogen-bond acceptors (Lipinski definition) is 0. The fraction of sp³-hybridized carbons (Fsp3) is 0.294. The van der Waals surface area contributed by atoms with Crippen molar-refractivity contribution in [3.63, 3.8) is 0 Å². The molecule has 0 aromatic heterocycles. The smallest absolute Gasteiger partial charge is 0.00432 e. The van der Waals surface area contributed by atoms with Crippen LogP contribution in [0.15, 0.2) is 54.6 Å². The molecule has 1 saturated carbocycles. The van der Waals surface area contributed by atoms with Crippen LogP contribution in [0.3, 0.4) is 0 Å². The highest BCUT2D eigenvalue weighted by Crippen LogP contribution is 2.51. The summed E-state index contributed by atoms with van der Waals surface area (Å²) in [6.45, 7) is 0. The molecule has 1 aliphatic rings. The maximum Gasteiger partial charge on any atom is -0.00432 e. The number of aryl methyl sites for hydroxylation is 1. The molecule has 1 radical (unpaired) electrons. The lowest BCUT2D eigenvalue weighted by Crippen LogP contribution is -2.07. The molecule has 0 amide bonds. The first-order valence-corrected chi connectivity index (χ1v) is 6.40. The van der Waals surface area contributed by atoms with E-state index >= 15 is 0 Å². The molecule has 2 aromatic carbocycles. The fourth-order valence-electron chi connectivity index (χ4n) is 2.60. The molecule has 2 aromatic rings. The van der Waals surface area contributed by atoms with Gasteiger partial charge in [0.1, 0.15) is 0 Å². The Hall–Kier alpha value is -1.56. The molecule has 0 heterocycles. The average molecular weight is 221 g/mol. The lowest BCUT2D eigenvalue weighted by Gasteiger charge is -2.15. The monoisotopic (exact) mass is 221 g/mol. The van der Waals surface area contributed by atoms with E-state index in [0.717, 1.165) is 0 Å². The van der Waals surface area contributed by atoms with E-state index in [0.29, 0.717) is 5.41 Å². The van der Waals surface area contributed by atoms with Gasteiger partial charge in [-0.15, -0.1) is 0 Å². The van der Waals surface area contributed by atoms with Crippen LogP contribution in [0, 0.1) is 6.07 Å². The van der Waals surface area contributed by atoms with Crippen LogP contribution < -0.4 is 0 Å². The molecule has 0 unspecified atom stereocenters. The van der Waals surface area contributed by atoms with Gasteiger partial charge in [0.2, 0.25) is 0 Å². The maximum atomic E-state index is 3.11. The topological polar surface area (TPSA) is 0 Å². The summed E-state index contributed by atoms with van der Waals surface area (Å²) < 4.78 is 0. The Morgan fingerprint density at radius 2 is 1.65 bits per heavy atom. The van der Waals surface area contributed by atoms with Crippen LogP contribution in [-0.2, 0) is 11.8 Å². The number of benzene rings is 2. The molecule has 17 heavy (non-hydrogen) atoms. The van der Waals surface area contributed by atoms with Crippen molar-refractivity contribution in [1.29, 1.82) is 0 Å². The summed E-state index contributed by atoms with van der Waals surface area (Å²) in [7, 11) is 0. The summed E-state index contributed by atoms with van der Waals surface area (Å²) in [5, 5.41) is 0. The van der Waals surface area contributed by atoms with Gasteiger partial charge in [-0.3, -0.25) is 0 Å². The Morgan fingerprint density at radius 1 is 0.941 bits per heavy atom. The Kier molecular flexibility index (Phi) is 2.72. The van der Waals surface area contributed by atoms with E-state index in [-0.39, 0.29) is 0 Å². The zero-order valence-electron chi connectivity index (χ0n) is 10.0. The van der Waals surface area contributed by atoms with Gasteiger partial charge in [-0.1, -0.05) is 54.6 Å². The van der Waals surface area contributed by atoms with Gasteiger partial charge in [0.25, 0.3) is 0 Å². The Balaban J connectivity index is 1.70. The normalized spacial score (nSPS) is 16.7. The molecule has 0 N–H and O–H groups in total. The van der Waals surface area contributed by atoms with Crippen molar-refractivity contribution in [1.82, 2.24) is 0 Å². The van der Waals surface area contributed by atoms with E-state index in [1.165, 1.54) is 36.8 Å². The molecule has 85 valence electrons. The zero-order valence-corrected chi connectivity index (χ0v) is 10.0. The molecule has 0 bridgehead atoms. The molecular formula is C17H17. The van der Waals surface area contributed by atoms with Crippen molar-refractivity contribution in [2.24, 2.45) is 0 Å². The summed E-state index contributed by atoms with van der Waals surface area (Å²) in [6.07, 6.45) is 5.17. The van der Waals surface area contributed by atoms with Crippen LogP contribution >= 0.6 is 0 Å². The van der Waals surface area contributed by atoms with Crippen molar-refractivity contribution in [3.05, 3.63) is 71.8 Å². The second-order valence-electron chi connectivity index (χ2n) is 5.05. The summed E-state index contributed by atoms with van der Waals surface area (Å²) in [5.41, 5.74) is 3.44. The predicted molar refractivity (Wildman–Crippen MR) is 71.0 cm³/mol. The SMILES string of the molecule is [c]1ccc(C2(CCc3ccccc3)CC2)cc1. The van der Waals surface area contributed by atoms with Crippen LogP contribution in [0.4, 0.5) is 0 Å². The predicted octanol–water partition coefficient (Wildman–Crippen LogP) is 4.15. The molecule has 0 aliphatic heterocycles. The van der Waals surface area contributed by atoms with Crippen LogP contribution in [0.25, 0.3) is 0 Å². The average Bonchev–Trinajstić information content (AvgIpc) is 3.20. The van der Waals surface area contributed by atoms with Crippen LogP contribution in [0.5, 0.6) is 0 Å². The van der Waals surface area contributed by atoms with E-state index in [4.69, 9.17) is 0 Å². The maximum absolute atomic E-state index is 3.11. The molecule has 0 heteroatoms. The van der Waals surface area contributed by atoms with E-state index < -0.39 is 0 Å². The highest BCUT2D eigenvalue weighted by molar-refractivity contribution is 5.31. The lowest BCUT2D eigenvalue weighted by atomic mass is 9.89. The number of hydrogen-bond donors (Lipinski definition) is 0. The fourth-order valence-corrected chi connectivity index (χ4v) is 2.60. The minimum atomic E-state index is 0.477. The van der Waals surface area contributed by atoms with Crippen molar-refractivity contribution in [3.8, 4) is 0 Å².